The Morgan fingerprint density at radius 2 is 2.00 bits per heavy atom. The highest BCUT2D eigenvalue weighted by molar-refractivity contribution is 4.77. The lowest BCUT2D eigenvalue weighted by Crippen LogP contribution is -2.47. The smallest absolute Gasteiger partial charge is 0.0688 e. The molecule has 1 saturated heterocycles. The van der Waals surface area contributed by atoms with E-state index < -0.39 is 0 Å². The van der Waals surface area contributed by atoms with Crippen LogP contribution in [0.2, 0.25) is 0 Å². The maximum absolute atomic E-state index is 3.32. The Labute approximate surface area is 62.8 Å². The first-order valence-electron chi connectivity index (χ1n) is 3.77. The molecule has 0 aromatic heterocycles. The predicted octanol–water partition coefficient (Wildman–Crippen LogP) is 0.498. The van der Waals surface area contributed by atoms with E-state index in [-0.39, 0.29) is 5.54 Å². The molecule has 1 fully saturated rings. The van der Waals surface area contributed by atoms with Crippen LogP contribution in [0.3, 0.4) is 0 Å². The lowest BCUT2D eigenvalue weighted by Gasteiger charge is -2.30. The van der Waals surface area contributed by atoms with Gasteiger partial charge in [0.2, 0.25) is 0 Å². The number of hydrogen-bond donors (Lipinski definition) is 2. The van der Waals surface area contributed by atoms with Crippen LogP contribution in [0.25, 0.3) is 0 Å². The normalized spacial score (nSPS) is 29.4. The van der Waals surface area contributed by atoms with Crippen molar-refractivity contribution in [2.75, 3.05) is 6.67 Å². The summed E-state index contributed by atoms with van der Waals surface area (Å²) in [5, 5.41) is 5.50. The van der Waals surface area contributed by atoms with Gasteiger partial charge < -0.3 is 0 Å². The number of nitrogens with zero attached hydrogens (tertiary/aromatic N) is 1. The van der Waals surface area contributed by atoms with Crippen LogP contribution in [0, 0.1) is 0 Å². The van der Waals surface area contributed by atoms with E-state index in [0.29, 0.717) is 6.17 Å². The van der Waals surface area contributed by atoms with E-state index in [0.717, 1.165) is 6.67 Å². The quantitative estimate of drug-likeness (QED) is 0.517. The first-order valence-corrected chi connectivity index (χ1v) is 3.77. The zero-order chi connectivity index (χ0) is 7.78. The van der Waals surface area contributed by atoms with Crippen molar-refractivity contribution >= 4 is 0 Å². The standard InChI is InChI=1S/C7H17N3/c1-6-8-5-10(9-6)7(2,3)4/h6,8-9H,5H2,1-4H3/t6-/m0/s1. The van der Waals surface area contributed by atoms with Gasteiger partial charge in [0.05, 0.1) is 12.8 Å². The van der Waals surface area contributed by atoms with E-state index in [9.17, 15) is 0 Å². The zero-order valence-electron chi connectivity index (χ0n) is 7.23. The highest BCUT2D eigenvalue weighted by Gasteiger charge is 2.26. The van der Waals surface area contributed by atoms with Crippen LogP contribution in [0.5, 0.6) is 0 Å². The molecule has 1 rings (SSSR count). The highest BCUT2D eigenvalue weighted by atomic mass is 15.6. The Kier molecular flexibility index (Phi) is 1.99. The van der Waals surface area contributed by atoms with Crippen LogP contribution < -0.4 is 10.7 Å². The molecule has 0 aromatic rings. The van der Waals surface area contributed by atoms with Crippen molar-refractivity contribution in [3.8, 4) is 0 Å². The Morgan fingerprint density at radius 3 is 2.20 bits per heavy atom. The van der Waals surface area contributed by atoms with Crippen LogP contribution in [-0.4, -0.2) is 23.4 Å². The minimum Gasteiger partial charge on any atom is -0.287 e. The fourth-order valence-corrected chi connectivity index (χ4v) is 0.984. The monoisotopic (exact) mass is 143 g/mol. The molecule has 1 heterocycles. The van der Waals surface area contributed by atoms with Crippen LogP contribution in [0.4, 0.5) is 0 Å². The molecule has 2 N–H and O–H groups in total. The first-order chi connectivity index (χ1) is 4.50. The van der Waals surface area contributed by atoms with Gasteiger partial charge >= 0.3 is 0 Å². The van der Waals surface area contributed by atoms with Gasteiger partial charge in [-0.2, -0.15) is 0 Å². The molecule has 0 amide bonds. The average Bonchev–Trinajstić information content (AvgIpc) is 2.11. The predicted molar refractivity (Wildman–Crippen MR) is 42.2 cm³/mol. The second kappa shape index (κ2) is 2.49. The largest absolute Gasteiger partial charge is 0.287 e. The van der Waals surface area contributed by atoms with Gasteiger partial charge in [0, 0.05) is 5.54 Å². The molecule has 1 atom stereocenters. The van der Waals surface area contributed by atoms with Crippen molar-refractivity contribution in [1.82, 2.24) is 15.8 Å². The second-order valence-electron chi connectivity index (χ2n) is 3.81. The lowest BCUT2D eigenvalue weighted by atomic mass is 10.1. The van der Waals surface area contributed by atoms with Gasteiger partial charge in [-0.25, -0.2) is 10.4 Å². The third kappa shape index (κ3) is 1.68. The topological polar surface area (TPSA) is 27.3 Å². The molecule has 60 valence electrons. The number of rotatable bonds is 0. The van der Waals surface area contributed by atoms with Crippen molar-refractivity contribution < 1.29 is 0 Å². The summed E-state index contributed by atoms with van der Waals surface area (Å²) in [4.78, 5) is 0. The summed E-state index contributed by atoms with van der Waals surface area (Å²) >= 11 is 0. The Balaban J connectivity index is 2.45. The molecule has 0 unspecified atom stereocenters. The Morgan fingerprint density at radius 1 is 1.40 bits per heavy atom. The van der Waals surface area contributed by atoms with E-state index >= 15 is 0 Å². The average molecular weight is 143 g/mol. The van der Waals surface area contributed by atoms with Crippen LogP contribution >= 0.6 is 0 Å². The highest BCUT2D eigenvalue weighted by Crippen LogP contribution is 2.11. The van der Waals surface area contributed by atoms with E-state index in [2.05, 4.69) is 43.4 Å². The van der Waals surface area contributed by atoms with Gasteiger partial charge in [0.15, 0.2) is 0 Å². The van der Waals surface area contributed by atoms with Crippen LogP contribution in [0.1, 0.15) is 27.7 Å². The zero-order valence-corrected chi connectivity index (χ0v) is 7.23. The molecule has 1 aliphatic rings. The summed E-state index contributed by atoms with van der Waals surface area (Å²) in [5.41, 5.74) is 3.54. The van der Waals surface area contributed by atoms with Gasteiger partial charge in [-0.1, -0.05) is 0 Å². The fourth-order valence-electron chi connectivity index (χ4n) is 0.984. The maximum Gasteiger partial charge on any atom is 0.0688 e. The molecule has 0 spiro atoms. The number of hydrogen-bond acceptors (Lipinski definition) is 3. The maximum atomic E-state index is 3.32. The van der Waals surface area contributed by atoms with Crippen molar-refractivity contribution in [2.24, 2.45) is 0 Å². The molecule has 3 nitrogen and oxygen atoms in total. The summed E-state index contributed by atoms with van der Waals surface area (Å²) < 4.78 is 0. The van der Waals surface area contributed by atoms with Gasteiger partial charge in [0.25, 0.3) is 0 Å². The SMILES string of the molecule is C[C@H]1NCN(C(C)(C)C)N1. The Hall–Kier alpha value is -0.120. The van der Waals surface area contributed by atoms with E-state index in [1.165, 1.54) is 0 Å². The van der Waals surface area contributed by atoms with E-state index in [4.69, 9.17) is 0 Å². The van der Waals surface area contributed by atoms with Crippen molar-refractivity contribution in [2.45, 2.75) is 39.4 Å². The van der Waals surface area contributed by atoms with Crippen molar-refractivity contribution in [3.05, 3.63) is 0 Å². The summed E-state index contributed by atoms with van der Waals surface area (Å²) in [7, 11) is 0. The summed E-state index contributed by atoms with van der Waals surface area (Å²) in [5.74, 6) is 0. The molecule has 10 heavy (non-hydrogen) atoms. The van der Waals surface area contributed by atoms with Crippen LogP contribution in [-0.2, 0) is 0 Å². The number of nitrogens with one attached hydrogen (secondary N) is 2. The van der Waals surface area contributed by atoms with Gasteiger partial charge in [-0.05, 0) is 27.7 Å². The van der Waals surface area contributed by atoms with E-state index in [1.54, 1.807) is 0 Å². The van der Waals surface area contributed by atoms with Gasteiger partial charge in [0.1, 0.15) is 0 Å². The van der Waals surface area contributed by atoms with Crippen molar-refractivity contribution in [3.63, 3.8) is 0 Å². The molecular weight excluding hydrogens is 126 g/mol. The minimum absolute atomic E-state index is 0.220. The molecule has 0 radical (unpaired) electrons. The Bertz CT molecular complexity index is 117. The van der Waals surface area contributed by atoms with Gasteiger partial charge in [-0.3, -0.25) is 5.32 Å². The second-order valence-corrected chi connectivity index (χ2v) is 3.81. The fraction of sp³-hybridized carbons (Fsp3) is 1.00. The third-order valence-electron chi connectivity index (χ3n) is 1.71. The molecule has 1 aliphatic heterocycles. The summed E-state index contributed by atoms with van der Waals surface area (Å²) in [6.45, 7) is 9.63. The van der Waals surface area contributed by atoms with Crippen LogP contribution in [0.15, 0.2) is 0 Å². The summed E-state index contributed by atoms with van der Waals surface area (Å²) in [6, 6.07) is 0. The molecule has 3 heteroatoms. The summed E-state index contributed by atoms with van der Waals surface area (Å²) in [6.07, 6.45) is 0.416. The molecular formula is C7H17N3. The lowest BCUT2D eigenvalue weighted by molar-refractivity contribution is 0.107. The van der Waals surface area contributed by atoms with E-state index in [1.807, 2.05) is 0 Å². The number of hydrazine groups is 1. The molecule has 0 bridgehead atoms. The molecule has 0 aliphatic carbocycles. The van der Waals surface area contributed by atoms with Gasteiger partial charge in [-0.15, -0.1) is 0 Å². The molecule has 0 saturated carbocycles. The first kappa shape index (κ1) is 7.98. The molecule has 0 aromatic carbocycles. The minimum atomic E-state index is 0.220. The van der Waals surface area contributed by atoms with Crippen molar-refractivity contribution in [1.29, 1.82) is 0 Å². The third-order valence-corrected chi connectivity index (χ3v) is 1.71.